The smallest absolute Gasteiger partial charge is 0.199 e. The van der Waals surface area contributed by atoms with Crippen molar-refractivity contribution >= 4 is 11.5 Å². The van der Waals surface area contributed by atoms with Crippen molar-refractivity contribution in [3.63, 3.8) is 0 Å². The Bertz CT molecular complexity index is 534. The Labute approximate surface area is 104 Å². The molecule has 1 saturated heterocycles. The average Bonchev–Trinajstić information content (AvgIpc) is 2.89. The molecule has 0 radical (unpaired) electrons. The summed E-state index contributed by atoms with van der Waals surface area (Å²) in [4.78, 5) is 4.12. The standard InChI is InChI=1S/C10H15N7O/c11-7-10(1-3-18-4-2-10)13-8-5-12-6-9-14-15-16-17(8)9/h5-6,13H,1-4,7,11H2. The molecule has 1 fully saturated rings. The molecule has 0 spiro atoms. The van der Waals surface area contributed by atoms with Crippen LogP contribution in [0.3, 0.4) is 0 Å². The fourth-order valence-corrected chi connectivity index (χ4v) is 2.17. The van der Waals surface area contributed by atoms with Gasteiger partial charge in [0.15, 0.2) is 11.5 Å². The number of hydrogen-bond donors (Lipinski definition) is 2. The highest BCUT2D eigenvalue weighted by molar-refractivity contribution is 5.45. The fourth-order valence-electron chi connectivity index (χ4n) is 2.17. The molecule has 8 heteroatoms. The zero-order valence-electron chi connectivity index (χ0n) is 9.91. The lowest BCUT2D eigenvalue weighted by Crippen LogP contribution is -2.50. The highest BCUT2D eigenvalue weighted by Crippen LogP contribution is 2.24. The molecule has 0 saturated carbocycles. The third-order valence-electron chi connectivity index (χ3n) is 3.34. The Kier molecular flexibility index (Phi) is 2.80. The van der Waals surface area contributed by atoms with Crippen LogP contribution < -0.4 is 11.1 Å². The molecule has 1 aliphatic rings. The van der Waals surface area contributed by atoms with Crippen molar-refractivity contribution < 1.29 is 4.74 Å². The average molecular weight is 249 g/mol. The van der Waals surface area contributed by atoms with Gasteiger partial charge in [-0.3, -0.25) is 4.98 Å². The van der Waals surface area contributed by atoms with E-state index in [2.05, 4.69) is 25.8 Å². The Morgan fingerprint density at radius 1 is 1.39 bits per heavy atom. The largest absolute Gasteiger partial charge is 0.381 e. The number of nitrogens with two attached hydrogens (primary N) is 1. The SMILES string of the molecule is NCC1(Nc2cncc3nnnn23)CCOCC1. The summed E-state index contributed by atoms with van der Waals surface area (Å²) in [5.41, 5.74) is 6.35. The van der Waals surface area contributed by atoms with Crippen LogP contribution in [0.1, 0.15) is 12.8 Å². The fraction of sp³-hybridized carbons (Fsp3) is 0.600. The molecule has 0 aliphatic carbocycles. The third-order valence-corrected chi connectivity index (χ3v) is 3.34. The molecule has 2 aromatic rings. The van der Waals surface area contributed by atoms with E-state index in [1.807, 2.05) is 0 Å². The molecule has 0 atom stereocenters. The topological polar surface area (TPSA) is 103 Å². The molecule has 0 bridgehead atoms. The van der Waals surface area contributed by atoms with Crippen LogP contribution >= 0.6 is 0 Å². The first-order valence-corrected chi connectivity index (χ1v) is 5.91. The third kappa shape index (κ3) is 1.89. The number of aromatic nitrogens is 5. The van der Waals surface area contributed by atoms with Gasteiger partial charge in [0, 0.05) is 19.8 Å². The number of fused-ring (bicyclic) bond motifs is 1. The second-order valence-electron chi connectivity index (χ2n) is 4.46. The predicted octanol–water partition coefficient (Wildman–Crippen LogP) is -0.561. The number of tetrazole rings is 1. The van der Waals surface area contributed by atoms with Crippen molar-refractivity contribution in [1.29, 1.82) is 0 Å². The van der Waals surface area contributed by atoms with Gasteiger partial charge in [-0.1, -0.05) is 0 Å². The van der Waals surface area contributed by atoms with Crippen LogP contribution in [0.25, 0.3) is 5.65 Å². The normalized spacial score (nSPS) is 18.9. The van der Waals surface area contributed by atoms with Crippen LogP contribution in [-0.2, 0) is 4.74 Å². The first-order valence-electron chi connectivity index (χ1n) is 5.91. The maximum atomic E-state index is 5.91. The Morgan fingerprint density at radius 3 is 3.00 bits per heavy atom. The van der Waals surface area contributed by atoms with Crippen LogP contribution in [-0.4, -0.2) is 50.3 Å². The lowest BCUT2D eigenvalue weighted by molar-refractivity contribution is 0.0626. The summed E-state index contributed by atoms with van der Waals surface area (Å²) in [5.74, 6) is 0.754. The van der Waals surface area contributed by atoms with Gasteiger partial charge in [0.2, 0.25) is 0 Å². The van der Waals surface area contributed by atoms with E-state index in [9.17, 15) is 0 Å². The summed E-state index contributed by atoms with van der Waals surface area (Å²) in [6.07, 6.45) is 5.05. The number of rotatable bonds is 3. The maximum absolute atomic E-state index is 5.91. The molecule has 0 aromatic carbocycles. The van der Waals surface area contributed by atoms with Gasteiger partial charge >= 0.3 is 0 Å². The van der Waals surface area contributed by atoms with Crippen LogP contribution in [0.15, 0.2) is 12.4 Å². The highest BCUT2D eigenvalue weighted by atomic mass is 16.5. The van der Waals surface area contributed by atoms with Crippen molar-refractivity contribution in [2.45, 2.75) is 18.4 Å². The summed E-state index contributed by atoms with van der Waals surface area (Å²) in [5, 5.41) is 14.9. The van der Waals surface area contributed by atoms with Gasteiger partial charge in [0.05, 0.1) is 17.9 Å². The van der Waals surface area contributed by atoms with E-state index in [1.54, 1.807) is 16.9 Å². The summed E-state index contributed by atoms with van der Waals surface area (Å²) in [6.45, 7) is 1.96. The minimum atomic E-state index is -0.167. The van der Waals surface area contributed by atoms with Crippen molar-refractivity contribution in [1.82, 2.24) is 25.0 Å². The van der Waals surface area contributed by atoms with E-state index in [-0.39, 0.29) is 5.54 Å². The zero-order valence-corrected chi connectivity index (χ0v) is 9.91. The molecule has 3 rings (SSSR count). The monoisotopic (exact) mass is 249 g/mol. The molecule has 0 amide bonds. The van der Waals surface area contributed by atoms with Gasteiger partial charge in [0.25, 0.3) is 0 Å². The second-order valence-corrected chi connectivity index (χ2v) is 4.46. The minimum Gasteiger partial charge on any atom is -0.381 e. The first-order chi connectivity index (χ1) is 8.83. The molecule has 3 N–H and O–H groups in total. The lowest BCUT2D eigenvalue weighted by atomic mass is 9.90. The van der Waals surface area contributed by atoms with Crippen LogP contribution in [0, 0.1) is 0 Å². The van der Waals surface area contributed by atoms with Crippen molar-refractivity contribution in [3.05, 3.63) is 12.4 Å². The number of anilines is 1. The molecule has 3 heterocycles. The van der Waals surface area contributed by atoms with E-state index in [0.29, 0.717) is 25.4 Å². The molecular weight excluding hydrogens is 234 g/mol. The lowest BCUT2D eigenvalue weighted by Gasteiger charge is -2.37. The quantitative estimate of drug-likeness (QED) is 0.751. The van der Waals surface area contributed by atoms with Crippen molar-refractivity contribution in [2.75, 3.05) is 25.1 Å². The van der Waals surface area contributed by atoms with E-state index < -0.39 is 0 Å². The number of ether oxygens (including phenoxy) is 1. The van der Waals surface area contributed by atoms with E-state index >= 15 is 0 Å². The highest BCUT2D eigenvalue weighted by Gasteiger charge is 2.31. The van der Waals surface area contributed by atoms with Gasteiger partial charge in [-0.05, 0) is 23.3 Å². The van der Waals surface area contributed by atoms with E-state index in [1.165, 1.54) is 0 Å². The van der Waals surface area contributed by atoms with Crippen LogP contribution in [0.4, 0.5) is 5.82 Å². The molecular formula is C10H15N7O. The number of hydrogen-bond acceptors (Lipinski definition) is 7. The van der Waals surface area contributed by atoms with Crippen molar-refractivity contribution in [3.8, 4) is 0 Å². The Balaban J connectivity index is 1.92. The summed E-state index contributed by atoms with van der Waals surface area (Å²) >= 11 is 0. The van der Waals surface area contributed by atoms with E-state index in [0.717, 1.165) is 18.7 Å². The minimum absolute atomic E-state index is 0.167. The zero-order chi connectivity index (χ0) is 12.4. The first kappa shape index (κ1) is 11.3. The summed E-state index contributed by atoms with van der Waals surface area (Å²) in [7, 11) is 0. The molecule has 0 unspecified atom stereocenters. The predicted molar refractivity (Wildman–Crippen MR) is 64.0 cm³/mol. The number of nitrogens with one attached hydrogen (secondary N) is 1. The molecule has 2 aromatic heterocycles. The van der Waals surface area contributed by atoms with Gasteiger partial charge in [-0.25, -0.2) is 0 Å². The van der Waals surface area contributed by atoms with Crippen molar-refractivity contribution in [2.24, 2.45) is 5.73 Å². The van der Waals surface area contributed by atoms with E-state index in [4.69, 9.17) is 10.5 Å². The second kappa shape index (κ2) is 4.46. The Morgan fingerprint density at radius 2 is 2.22 bits per heavy atom. The van der Waals surface area contributed by atoms with Gasteiger partial charge in [-0.15, -0.1) is 5.10 Å². The molecule has 1 aliphatic heterocycles. The molecule has 8 nitrogen and oxygen atoms in total. The maximum Gasteiger partial charge on any atom is 0.199 e. The van der Waals surface area contributed by atoms with Crippen LogP contribution in [0.2, 0.25) is 0 Å². The van der Waals surface area contributed by atoms with Gasteiger partial charge in [-0.2, -0.15) is 4.52 Å². The number of nitrogens with zero attached hydrogens (tertiary/aromatic N) is 5. The molecule has 96 valence electrons. The van der Waals surface area contributed by atoms with Gasteiger partial charge in [0.1, 0.15) is 0 Å². The summed E-state index contributed by atoms with van der Waals surface area (Å²) < 4.78 is 7.00. The Hall–Kier alpha value is -1.80. The van der Waals surface area contributed by atoms with Crippen LogP contribution in [0.5, 0.6) is 0 Å². The van der Waals surface area contributed by atoms with Gasteiger partial charge < -0.3 is 15.8 Å². The summed E-state index contributed by atoms with van der Waals surface area (Å²) in [6, 6.07) is 0. The molecule has 18 heavy (non-hydrogen) atoms.